The van der Waals surface area contributed by atoms with Crippen molar-refractivity contribution >= 4 is 44.3 Å². The van der Waals surface area contributed by atoms with Crippen LogP contribution in [0, 0.1) is 25.1 Å². The molecule has 2 saturated carbocycles. The second-order valence-corrected chi connectivity index (χ2v) is 11.4. The lowest BCUT2D eigenvalue weighted by Crippen LogP contribution is -2.58. The Morgan fingerprint density at radius 3 is 2.69 bits per heavy atom. The van der Waals surface area contributed by atoms with Gasteiger partial charge in [0, 0.05) is 22.5 Å². The number of hydrogen-bond acceptors (Lipinski definition) is 6. The first kappa shape index (κ1) is 22.8. The fourth-order valence-corrected chi connectivity index (χ4v) is 6.61. The highest BCUT2D eigenvalue weighted by Crippen LogP contribution is 2.57. The number of nitrogens with two attached hydrogens (primary N) is 1. The van der Waals surface area contributed by atoms with Crippen molar-refractivity contribution < 1.29 is 18.7 Å². The molecule has 0 aliphatic heterocycles. The van der Waals surface area contributed by atoms with E-state index >= 15 is 0 Å². The highest BCUT2D eigenvalue weighted by molar-refractivity contribution is 7.19. The summed E-state index contributed by atoms with van der Waals surface area (Å²) in [7, 11) is 0. The van der Waals surface area contributed by atoms with E-state index in [1.54, 1.807) is 29.5 Å². The third kappa shape index (κ3) is 3.87. The highest BCUT2D eigenvalue weighted by Gasteiger charge is 2.54. The standard InChI is InChI=1S/C27H25FN4O3S/c1-13-14(2)36-22-7-20(24(29)33)26(32-23(13)22)35-19-10-27(11-19)8-18(9-27)31-25(34)16-5-15-6-17(28)3-4-21(15)30-12-16/h3-7,12,18-19H,8-11H2,1-2H3,(H2,29,33)(H,31,34)/t18-,19-,27?. The summed E-state index contributed by atoms with van der Waals surface area (Å²) in [5.74, 6) is -0.802. The van der Waals surface area contributed by atoms with Crippen LogP contribution in [0.2, 0.25) is 0 Å². The Morgan fingerprint density at radius 1 is 1.17 bits per heavy atom. The first-order valence-corrected chi connectivity index (χ1v) is 12.7. The number of carbonyl (C=O) groups is 2. The number of rotatable bonds is 5. The number of benzene rings is 1. The number of ether oxygens (including phenoxy) is 1. The van der Waals surface area contributed by atoms with Gasteiger partial charge in [0.15, 0.2) is 0 Å². The molecule has 2 amide bonds. The Bertz CT molecular complexity index is 1550. The van der Waals surface area contributed by atoms with Gasteiger partial charge in [-0.15, -0.1) is 11.3 Å². The third-order valence-electron chi connectivity index (χ3n) is 7.56. The fraction of sp³-hybridized carbons (Fsp3) is 0.333. The van der Waals surface area contributed by atoms with Crippen molar-refractivity contribution in [2.45, 2.75) is 51.7 Å². The number of fused-ring (bicyclic) bond motifs is 2. The van der Waals surface area contributed by atoms with E-state index in [1.165, 1.54) is 18.3 Å². The van der Waals surface area contributed by atoms with E-state index < -0.39 is 5.91 Å². The minimum absolute atomic E-state index is 0.0377. The predicted octanol–water partition coefficient (Wildman–Crippen LogP) is 4.82. The van der Waals surface area contributed by atoms with Crippen molar-refractivity contribution in [3.63, 3.8) is 0 Å². The number of aryl methyl sites for hydroxylation is 2. The van der Waals surface area contributed by atoms with E-state index in [-0.39, 0.29) is 29.3 Å². The van der Waals surface area contributed by atoms with Crippen LogP contribution >= 0.6 is 11.3 Å². The van der Waals surface area contributed by atoms with Gasteiger partial charge in [-0.2, -0.15) is 0 Å². The lowest BCUT2D eigenvalue weighted by Gasteiger charge is -2.57. The fourth-order valence-electron chi connectivity index (χ4n) is 5.56. The van der Waals surface area contributed by atoms with Gasteiger partial charge in [0.05, 0.1) is 21.3 Å². The maximum Gasteiger partial charge on any atom is 0.254 e. The van der Waals surface area contributed by atoms with Crippen LogP contribution in [0.1, 0.15) is 56.8 Å². The Hall–Kier alpha value is -3.59. The van der Waals surface area contributed by atoms with Crippen LogP contribution < -0.4 is 15.8 Å². The summed E-state index contributed by atoms with van der Waals surface area (Å²) < 4.78 is 20.6. The summed E-state index contributed by atoms with van der Waals surface area (Å²) >= 11 is 1.59. The van der Waals surface area contributed by atoms with Gasteiger partial charge in [0.2, 0.25) is 5.88 Å². The van der Waals surface area contributed by atoms with Crippen molar-refractivity contribution in [3.8, 4) is 5.88 Å². The number of halogens is 1. The lowest BCUT2D eigenvalue weighted by atomic mass is 9.53. The summed E-state index contributed by atoms with van der Waals surface area (Å²) in [6.07, 6.45) is 4.90. The summed E-state index contributed by atoms with van der Waals surface area (Å²) in [6, 6.07) is 7.85. The van der Waals surface area contributed by atoms with Gasteiger partial charge < -0.3 is 15.8 Å². The van der Waals surface area contributed by atoms with E-state index in [0.717, 1.165) is 46.3 Å². The van der Waals surface area contributed by atoms with Gasteiger partial charge in [-0.05, 0) is 80.8 Å². The van der Waals surface area contributed by atoms with Crippen LogP contribution in [0.4, 0.5) is 4.39 Å². The van der Waals surface area contributed by atoms with Gasteiger partial charge in [-0.1, -0.05) is 0 Å². The van der Waals surface area contributed by atoms with Gasteiger partial charge in [0.1, 0.15) is 17.5 Å². The molecule has 7 nitrogen and oxygen atoms in total. The number of hydrogen-bond donors (Lipinski definition) is 2. The third-order valence-corrected chi connectivity index (χ3v) is 8.71. The Balaban J connectivity index is 1.07. The molecule has 3 N–H and O–H groups in total. The number of thiophene rings is 1. The molecule has 9 heteroatoms. The molecule has 0 saturated heterocycles. The molecular formula is C27H25FN4O3S. The van der Waals surface area contributed by atoms with Crippen molar-refractivity contribution in [1.82, 2.24) is 15.3 Å². The molecule has 3 heterocycles. The van der Waals surface area contributed by atoms with Crippen LogP contribution in [0.25, 0.3) is 21.1 Å². The van der Waals surface area contributed by atoms with E-state index in [1.807, 2.05) is 13.8 Å². The molecule has 2 aliphatic carbocycles. The predicted molar refractivity (Wildman–Crippen MR) is 136 cm³/mol. The number of pyridine rings is 2. The molecule has 1 spiro atoms. The Labute approximate surface area is 210 Å². The minimum Gasteiger partial charge on any atom is -0.474 e. The maximum atomic E-state index is 13.5. The largest absolute Gasteiger partial charge is 0.474 e. The second-order valence-electron chi connectivity index (χ2n) is 10.1. The number of primary amides is 1. The van der Waals surface area contributed by atoms with Crippen LogP contribution in [0.3, 0.4) is 0 Å². The number of nitrogens with zero attached hydrogens (tertiary/aromatic N) is 2. The zero-order valence-corrected chi connectivity index (χ0v) is 20.7. The van der Waals surface area contributed by atoms with Gasteiger partial charge in [0.25, 0.3) is 11.8 Å². The van der Waals surface area contributed by atoms with E-state index in [4.69, 9.17) is 10.5 Å². The summed E-state index contributed by atoms with van der Waals surface area (Å²) in [6.45, 7) is 4.05. The van der Waals surface area contributed by atoms with Crippen molar-refractivity contribution in [1.29, 1.82) is 0 Å². The highest BCUT2D eigenvalue weighted by atomic mass is 32.1. The first-order valence-electron chi connectivity index (χ1n) is 11.9. The molecule has 2 aliphatic rings. The zero-order chi connectivity index (χ0) is 25.2. The second kappa shape index (κ2) is 8.23. The lowest BCUT2D eigenvalue weighted by molar-refractivity contribution is -0.0847. The number of amides is 2. The van der Waals surface area contributed by atoms with E-state index in [9.17, 15) is 14.0 Å². The van der Waals surface area contributed by atoms with Gasteiger partial charge in [-0.25, -0.2) is 9.37 Å². The molecule has 3 aromatic heterocycles. The molecular weight excluding hydrogens is 479 g/mol. The summed E-state index contributed by atoms with van der Waals surface area (Å²) in [4.78, 5) is 34.8. The summed E-state index contributed by atoms with van der Waals surface area (Å²) in [5.41, 5.74) is 9.07. The number of nitrogens with one attached hydrogen (secondary N) is 1. The van der Waals surface area contributed by atoms with Crippen LogP contribution in [-0.2, 0) is 0 Å². The molecule has 6 rings (SSSR count). The van der Waals surface area contributed by atoms with Crippen molar-refractivity contribution in [3.05, 3.63) is 63.9 Å². The summed E-state index contributed by atoms with van der Waals surface area (Å²) in [5, 5.41) is 3.67. The van der Waals surface area contributed by atoms with E-state index in [2.05, 4.69) is 15.3 Å². The SMILES string of the molecule is Cc1sc2cc(C(N)=O)c(O[C@H]3CC4(C[C@H](NC(=O)c5cnc6ccc(F)cc6c5)C4)C3)nc2c1C. The normalized spacial score (nSPS) is 22.9. The van der Waals surface area contributed by atoms with Gasteiger partial charge in [-0.3, -0.25) is 14.6 Å². The van der Waals surface area contributed by atoms with Crippen molar-refractivity contribution in [2.75, 3.05) is 0 Å². The number of carbonyl (C=O) groups excluding carboxylic acids is 2. The topological polar surface area (TPSA) is 107 Å². The molecule has 0 unspecified atom stereocenters. The molecule has 2 fully saturated rings. The van der Waals surface area contributed by atoms with Crippen LogP contribution in [0.15, 0.2) is 36.5 Å². The smallest absolute Gasteiger partial charge is 0.254 e. The quantitative estimate of drug-likeness (QED) is 0.405. The van der Waals surface area contributed by atoms with Crippen LogP contribution in [-0.4, -0.2) is 33.9 Å². The molecule has 0 radical (unpaired) electrons. The number of aromatic nitrogens is 2. The monoisotopic (exact) mass is 504 g/mol. The molecule has 0 atom stereocenters. The molecule has 1 aromatic carbocycles. The van der Waals surface area contributed by atoms with Crippen molar-refractivity contribution in [2.24, 2.45) is 11.1 Å². The first-order chi connectivity index (χ1) is 17.2. The molecule has 184 valence electrons. The average Bonchev–Trinajstić information content (AvgIpc) is 3.07. The maximum absolute atomic E-state index is 13.5. The van der Waals surface area contributed by atoms with Crippen LogP contribution in [0.5, 0.6) is 5.88 Å². The van der Waals surface area contributed by atoms with Gasteiger partial charge >= 0.3 is 0 Å². The molecule has 0 bridgehead atoms. The Kier molecular flexibility index (Phi) is 5.22. The molecule has 36 heavy (non-hydrogen) atoms. The zero-order valence-electron chi connectivity index (χ0n) is 19.9. The Morgan fingerprint density at radius 2 is 1.94 bits per heavy atom. The minimum atomic E-state index is -0.547. The molecule has 4 aromatic rings. The average molecular weight is 505 g/mol. The van der Waals surface area contributed by atoms with E-state index in [0.29, 0.717) is 27.9 Å².